The normalized spacial score (nSPS) is 10.8. The zero-order chi connectivity index (χ0) is 5.70. The molecule has 0 unspecified atom stereocenters. The molecular formula is C3H9ClN4. The quantitative estimate of drug-likeness (QED) is 0.344. The second kappa shape index (κ2) is 6.56. The molecule has 2 N–H and O–H groups in total. The minimum absolute atomic E-state index is 0. The monoisotopic (exact) mass is 136 g/mol. The Balaban J connectivity index is 0. The van der Waals surface area contributed by atoms with E-state index in [2.05, 4.69) is 10.0 Å². The van der Waals surface area contributed by atoms with E-state index in [-0.39, 0.29) is 18.4 Å². The van der Waals surface area contributed by atoms with Gasteiger partial charge in [-0.25, -0.2) is 0 Å². The molecule has 0 aliphatic heterocycles. The molecule has 0 aromatic heterocycles. The highest BCUT2D eigenvalue weighted by molar-refractivity contribution is 5.85. The van der Waals surface area contributed by atoms with Gasteiger partial charge in [-0.05, 0) is 12.5 Å². The second-order valence-corrected chi connectivity index (χ2v) is 1.39. The Morgan fingerprint density at radius 3 is 2.50 bits per heavy atom. The Morgan fingerprint density at radius 2 is 2.38 bits per heavy atom. The minimum atomic E-state index is -0.0177. The van der Waals surface area contributed by atoms with E-state index in [4.69, 9.17) is 11.3 Å². The predicted octanol–water partition coefficient (Wildman–Crippen LogP) is 1.07. The lowest BCUT2D eigenvalue weighted by Gasteiger charge is -1.92. The summed E-state index contributed by atoms with van der Waals surface area (Å²) in [5, 5.41) is 3.23. The molecular weight excluding hydrogens is 128 g/mol. The Kier molecular flexibility index (Phi) is 8.63. The molecule has 0 rings (SSSR count). The molecule has 4 nitrogen and oxygen atoms in total. The van der Waals surface area contributed by atoms with Gasteiger partial charge in [0.05, 0.1) is 0 Å². The number of rotatable bonds is 2. The van der Waals surface area contributed by atoms with Crippen molar-refractivity contribution in [3.05, 3.63) is 10.4 Å². The van der Waals surface area contributed by atoms with Gasteiger partial charge in [-0.15, -0.1) is 12.4 Å². The van der Waals surface area contributed by atoms with Crippen LogP contribution in [0.15, 0.2) is 5.11 Å². The summed E-state index contributed by atoms with van der Waals surface area (Å²) < 4.78 is 0. The Bertz CT molecular complexity index is 85.3. The van der Waals surface area contributed by atoms with Crippen molar-refractivity contribution in [2.75, 3.05) is 6.54 Å². The first-order valence-electron chi connectivity index (χ1n) is 2.04. The largest absolute Gasteiger partial charge is 0.328 e. The van der Waals surface area contributed by atoms with E-state index in [1.807, 2.05) is 0 Å². The molecule has 0 bridgehead atoms. The number of halogens is 1. The molecule has 0 saturated heterocycles. The van der Waals surface area contributed by atoms with Crippen LogP contribution >= 0.6 is 12.4 Å². The van der Waals surface area contributed by atoms with Crippen LogP contribution in [0.1, 0.15) is 6.92 Å². The van der Waals surface area contributed by atoms with Gasteiger partial charge >= 0.3 is 0 Å². The molecule has 0 radical (unpaired) electrons. The lowest BCUT2D eigenvalue weighted by atomic mass is 10.4. The highest BCUT2D eigenvalue weighted by Gasteiger charge is 1.84. The zero-order valence-electron chi connectivity index (χ0n) is 4.61. The van der Waals surface area contributed by atoms with Gasteiger partial charge in [-0.1, -0.05) is 5.11 Å². The van der Waals surface area contributed by atoms with Crippen LogP contribution in [0.3, 0.4) is 0 Å². The molecule has 0 saturated carbocycles. The molecule has 0 aliphatic carbocycles. The van der Waals surface area contributed by atoms with E-state index >= 15 is 0 Å². The van der Waals surface area contributed by atoms with Crippen molar-refractivity contribution in [2.24, 2.45) is 10.8 Å². The van der Waals surface area contributed by atoms with Crippen molar-refractivity contribution in [3.8, 4) is 0 Å². The van der Waals surface area contributed by atoms with Crippen LogP contribution in [0.2, 0.25) is 0 Å². The maximum Gasteiger partial charge on any atom is 0.0407 e. The van der Waals surface area contributed by atoms with Crippen LogP contribution in [-0.4, -0.2) is 12.6 Å². The molecule has 1 atom stereocenters. The number of azide groups is 1. The topological polar surface area (TPSA) is 74.8 Å². The van der Waals surface area contributed by atoms with Crippen LogP contribution in [-0.2, 0) is 0 Å². The zero-order valence-corrected chi connectivity index (χ0v) is 5.43. The highest BCUT2D eigenvalue weighted by Crippen LogP contribution is 1.75. The van der Waals surface area contributed by atoms with Gasteiger partial charge in [-0.3, -0.25) is 0 Å². The van der Waals surface area contributed by atoms with Crippen LogP contribution in [0.25, 0.3) is 10.4 Å². The summed E-state index contributed by atoms with van der Waals surface area (Å²) in [5.41, 5.74) is 12.9. The second-order valence-electron chi connectivity index (χ2n) is 1.39. The molecule has 0 heterocycles. The van der Waals surface area contributed by atoms with Crippen molar-refractivity contribution in [1.82, 2.24) is 0 Å². The fraction of sp³-hybridized carbons (Fsp3) is 1.00. The standard InChI is InChI=1S/C3H8N4.ClH/c1-3(4)2-6-7-5;/h3H,2,4H2,1H3;1H/t3-;/m0./s1. The lowest BCUT2D eigenvalue weighted by Crippen LogP contribution is -2.17. The first-order valence-corrected chi connectivity index (χ1v) is 2.04. The molecule has 0 fully saturated rings. The maximum atomic E-state index is 7.72. The third-order valence-corrected chi connectivity index (χ3v) is 0.433. The summed E-state index contributed by atoms with van der Waals surface area (Å²) in [6.07, 6.45) is 0. The summed E-state index contributed by atoms with van der Waals surface area (Å²) in [4.78, 5) is 2.52. The Morgan fingerprint density at radius 1 is 1.88 bits per heavy atom. The van der Waals surface area contributed by atoms with E-state index in [9.17, 15) is 0 Å². The van der Waals surface area contributed by atoms with Crippen molar-refractivity contribution in [3.63, 3.8) is 0 Å². The Hall–Kier alpha value is -0.440. The third-order valence-electron chi connectivity index (χ3n) is 0.433. The number of hydrogen-bond acceptors (Lipinski definition) is 2. The highest BCUT2D eigenvalue weighted by atomic mass is 35.5. The minimum Gasteiger partial charge on any atom is -0.328 e. The first kappa shape index (κ1) is 10.5. The van der Waals surface area contributed by atoms with E-state index in [1.165, 1.54) is 0 Å². The van der Waals surface area contributed by atoms with Gasteiger partial charge in [0, 0.05) is 17.5 Å². The molecule has 0 aromatic rings. The molecule has 5 heteroatoms. The maximum absolute atomic E-state index is 7.72. The summed E-state index contributed by atoms with van der Waals surface area (Å²) >= 11 is 0. The van der Waals surface area contributed by atoms with Gasteiger partial charge in [0.15, 0.2) is 0 Å². The molecule has 0 amide bonds. The summed E-state index contributed by atoms with van der Waals surface area (Å²) in [5.74, 6) is 0. The van der Waals surface area contributed by atoms with Crippen LogP contribution < -0.4 is 5.73 Å². The molecule has 48 valence electrons. The van der Waals surface area contributed by atoms with Crippen molar-refractivity contribution in [1.29, 1.82) is 0 Å². The van der Waals surface area contributed by atoms with Gasteiger partial charge in [-0.2, -0.15) is 0 Å². The lowest BCUT2D eigenvalue weighted by molar-refractivity contribution is 0.749. The fourth-order valence-corrected chi connectivity index (χ4v) is 0.165. The smallest absolute Gasteiger partial charge is 0.0407 e. The van der Waals surface area contributed by atoms with Crippen molar-refractivity contribution < 1.29 is 0 Å². The molecule has 0 aromatic carbocycles. The van der Waals surface area contributed by atoms with Gasteiger partial charge in [0.25, 0.3) is 0 Å². The van der Waals surface area contributed by atoms with E-state index in [0.717, 1.165) is 0 Å². The third kappa shape index (κ3) is 9.12. The number of nitrogens with two attached hydrogens (primary N) is 1. The first-order chi connectivity index (χ1) is 3.27. The average molecular weight is 137 g/mol. The number of nitrogens with zero attached hydrogens (tertiary/aromatic N) is 3. The number of hydrogen-bond donors (Lipinski definition) is 1. The van der Waals surface area contributed by atoms with Crippen LogP contribution in [0.5, 0.6) is 0 Å². The summed E-state index contributed by atoms with van der Waals surface area (Å²) in [6, 6.07) is -0.0177. The summed E-state index contributed by atoms with van der Waals surface area (Å²) in [6.45, 7) is 2.17. The van der Waals surface area contributed by atoms with E-state index in [1.54, 1.807) is 6.92 Å². The average Bonchev–Trinajstić information content (AvgIpc) is 1.61. The fourth-order valence-electron chi connectivity index (χ4n) is 0.165. The SMILES string of the molecule is C[C@H](N)CN=[N+]=[N-].Cl. The molecule has 0 spiro atoms. The molecule has 0 aliphatic rings. The van der Waals surface area contributed by atoms with Crippen molar-refractivity contribution >= 4 is 12.4 Å². The van der Waals surface area contributed by atoms with Gasteiger partial charge < -0.3 is 5.73 Å². The van der Waals surface area contributed by atoms with Crippen LogP contribution in [0.4, 0.5) is 0 Å². The van der Waals surface area contributed by atoms with Crippen molar-refractivity contribution in [2.45, 2.75) is 13.0 Å². The predicted molar refractivity (Wildman–Crippen MR) is 34.9 cm³/mol. The Labute approximate surface area is 54.1 Å². The van der Waals surface area contributed by atoms with Gasteiger partial charge in [0.2, 0.25) is 0 Å². The summed E-state index contributed by atoms with van der Waals surface area (Å²) in [7, 11) is 0. The van der Waals surface area contributed by atoms with E-state index < -0.39 is 0 Å². The van der Waals surface area contributed by atoms with Gasteiger partial charge in [0.1, 0.15) is 0 Å². The molecule has 8 heavy (non-hydrogen) atoms. The van der Waals surface area contributed by atoms with Crippen LogP contribution in [0, 0.1) is 0 Å². The van der Waals surface area contributed by atoms with E-state index in [0.29, 0.717) is 6.54 Å².